The Balaban J connectivity index is 1.68. The number of anilines is 1. The van der Waals surface area contributed by atoms with Gasteiger partial charge in [0.25, 0.3) is 0 Å². The molecule has 1 amide bonds. The predicted molar refractivity (Wildman–Crippen MR) is 84.7 cm³/mol. The number of amides is 1. The Hall–Kier alpha value is -2.02. The molecule has 0 bridgehead atoms. The van der Waals surface area contributed by atoms with Crippen LogP contribution in [0.1, 0.15) is 18.6 Å². The van der Waals surface area contributed by atoms with E-state index < -0.39 is 0 Å². The molecule has 1 fully saturated rings. The van der Waals surface area contributed by atoms with Crippen LogP contribution in [-0.2, 0) is 11.3 Å². The van der Waals surface area contributed by atoms with Gasteiger partial charge in [0.2, 0.25) is 5.91 Å². The van der Waals surface area contributed by atoms with E-state index >= 15 is 0 Å². The SMILES string of the molecule is CSc1cncc(N2CCCC2C(=O)NCc2ccco2)n1. The number of furan rings is 1. The fraction of sp³-hybridized carbons (Fsp3) is 0.400. The van der Waals surface area contributed by atoms with Gasteiger partial charge in [-0.2, -0.15) is 0 Å². The van der Waals surface area contributed by atoms with E-state index in [9.17, 15) is 4.79 Å². The van der Waals surface area contributed by atoms with Crippen molar-refractivity contribution in [2.75, 3.05) is 17.7 Å². The van der Waals surface area contributed by atoms with Crippen molar-refractivity contribution >= 4 is 23.5 Å². The lowest BCUT2D eigenvalue weighted by Gasteiger charge is -2.24. The van der Waals surface area contributed by atoms with Crippen LogP contribution in [0.4, 0.5) is 5.82 Å². The molecule has 3 rings (SSSR count). The smallest absolute Gasteiger partial charge is 0.243 e. The van der Waals surface area contributed by atoms with Gasteiger partial charge >= 0.3 is 0 Å². The molecule has 116 valence electrons. The molecule has 22 heavy (non-hydrogen) atoms. The Bertz CT molecular complexity index is 632. The van der Waals surface area contributed by atoms with Crippen LogP contribution in [0, 0.1) is 0 Å². The highest BCUT2D eigenvalue weighted by Gasteiger charge is 2.31. The number of carbonyl (C=O) groups is 1. The third kappa shape index (κ3) is 3.24. The number of hydrogen-bond donors (Lipinski definition) is 1. The van der Waals surface area contributed by atoms with Crippen LogP contribution >= 0.6 is 11.8 Å². The standard InChI is InChI=1S/C15H18N4O2S/c1-22-14-10-16-9-13(18-14)19-6-2-5-12(19)15(20)17-8-11-4-3-7-21-11/h3-4,7,9-10,12H,2,5-6,8H2,1H3,(H,17,20). The van der Waals surface area contributed by atoms with Crippen LogP contribution in [0.3, 0.4) is 0 Å². The van der Waals surface area contributed by atoms with Gasteiger partial charge in [0, 0.05) is 6.54 Å². The molecule has 0 aliphatic carbocycles. The van der Waals surface area contributed by atoms with Gasteiger partial charge in [-0.3, -0.25) is 9.78 Å². The maximum atomic E-state index is 12.4. The Morgan fingerprint density at radius 1 is 1.55 bits per heavy atom. The van der Waals surface area contributed by atoms with Crippen molar-refractivity contribution in [2.24, 2.45) is 0 Å². The normalized spacial score (nSPS) is 17.7. The van der Waals surface area contributed by atoms with E-state index in [1.54, 1.807) is 30.4 Å². The summed E-state index contributed by atoms with van der Waals surface area (Å²) in [6.07, 6.45) is 8.82. The minimum absolute atomic E-state index is 0.00487. The van der Waals surface area contributed by atoms with Crippen LogP contribution in [-0.4, -0.2) is 34.7 Å². The van der Waals surface area contributed by atoms with Crippen molar-refractivity contribution in [1.82, 2.24) is 15.3 Å². The molecule has 1 aliphatic heterocycles. The van der Waals surface area contributed by atoms with Crippen LogP contribution in [0.25, 0.3) is 0 Å². The number of rotatable bonds is 5. The van der Waals surface area contributed by atoms with Gasteiger partial charge in [-0.1, -0.05) is 0 Å². The van der Waals surface area contributed by atoms with E-state index in [1.165, 1.54) is 0 Å². The van der Waals surface area contributed by atoms with E-state index in [2.05, 4.69) is 15.3 Å². The molecule has 6 nitrogen and oxygen atoms in total. The first kappa shape index (κ1) is 14.9. The zero-order chi connectivity index (χ0) is 15.4. The highest BCUT2D eigenvalue weighted by Crippen LogP contribution is 2.25. The van der Waals surface area contributed by atoms with Crippen molar-refractivity contribution in [3.8, 4) is 0 Å². The summed E-state index contributed by atoms with van der Waals surface area (Å²) in [7, 11) is 0. The quantitative estimate of drug-likeness (QED) is 0.851. The highest BCUT2D eigenvalue weighted by atomic mass is 32.2. The second-order valence-corrected chi connectivity index (χ2v) is 5.89. The number of thioether (sulfide) groups is 1. The Morgan fingerprint density at radius 2 is 2.45 bits per heavy atom. The van der Waals surface area contributed by atoms with E-state index in [0.717, 1.165) is 36.0 Å². The maximum Gasteiger partial charge on any atom is 0.243 e. The molecular formula is C15H18N4O2S. The topological polar surface area (TPSA) is 71.3 Å². The molecule has 2 aromatic rings. The fourth-order valence-electron chi connectivity index (χ4n) is 2.59. The molecular weight excluding hydrogens is 300 g/mol. The van der Waals surface area contributed by atoms with E-state index in [1.807, 2.05) is 23.3 Å². The summed E-state index contributed by atoms with van der Waals surface area (Å²) in [6, 6.07) is 3.47. The van der Waals surface area contributed by atoms with Crippen molar-refractivity contribution in [2.45, 2.75) is 30.5 Å². The summed E-state index contributed by atoms with van der Waals surface area (Å²) in [4.78, 5) is 23.2. The second-order valence-electron chi connectivity index (χ2n) is 5.07. The first-order valence-electron chi connectivity index (χ1n) is 7.20. The molecule has 0 spiro atoms. The number of hydrogen-bond acceptors (Lipinski definition) is 6. The number of nitrogens with zero attached hydrogens (tertiary/aromatic N) is 3. The number of aromatic nitrogens is 2. The second kappa shape index (κ2) is 6.83. The predicted octanol–water partition coefficient (Wildman–Crippen LogP) is 2.08. The molecule has 1 unspecified atom stereocenters. The zero-order valence-electron chi connectivity index (χ0n) is 12.4. The summed E-state index contributed by atoms with van der Waals surface area (Å²) in [5.41, 5.74) is 0. The van der Waals surface area contributed by atoms with Gasteiger partial charge in [0.1, 0.15) is 22.6 Å². The summed E-state index contributed by atoms with van der Waals surface area (Å²) in [6.45, 7) is 1.23. The molecule has 0 saturated carbocycles. The summed E-state index contributed by atoms with van der Waals surface area (Å²) >= 11 is 1.55. The number of carbonyl (C=O) groups excluding carboxylic acids is 1. The maximum absolute atomic E-state index is 12.4. The largest absolute Gasteiger partial charge is 0.467 e. The summed E-state index contributed by atoms with van der Waals surface area (Å²) in [5.74, 6) is 1.52. The first-order chi connectivity index (χ1) is 10.8. The van der Waals surface area contributed by atoms with Gasteiger partial charge in [0.05, 0.1) is 25.2 Å². The molecule has 1 aliphatic rings. The third-order valence-corrected chi connectivity index (χ3v) is 4.29. The van der Waals surface area contributed by atoms with E-state index in [-0.39, 0.29) is 11.9 Å². The lowest BCUT2D eigenvalue weighted by atomic mass is 10.2. The van der Waals surface area contributed by atoms with Crippen LogP contribution in [0.2, 0.25) is 0 Å². The minimum Gasteiger partial charge on any atom is -0.467 e. The van der Waals surface area contributed by atoms with Gasteiger partial charge in [-0.15, -0.1) is 11.8 Å². The van der Waals surface area contributed by atoms with Gasteiger partial charge in [0.15, 0.2) is 0 Å². The fourth-order valence-corrected chi connectivity index (χ4v) is 2.94. The van der Waals surface area contributed by atoms with E-state index in [0.29, 0.717) is 6.54 Å². The summed E-state index contributed by atoms with van der Waals surface area (Å²) < 4.78 is 5.23. The lowest BCUT2D eigenvalue weighted by Crippen LogP contribution is -2.43. The van der Waals surface area contributed by atoms with Crippen molar-refractivity contribution < 1.29 is 9.21 Å². The highest BCUT2D eigenvalue weighted by molar-refractivity contribution is 7.98. The third-order valence-electron chi connectivity index (χ3n) is 3.68. The van der Waals surface area contributed by atoms with Crippen LogP contribution < -0.4 is 10.2 Å². The van der Waals surface area contributed by atoms with Gasteiger partial charge in [-0.05, 0) is 31.2 Å². The minimum atomic E-state index is -0.193. The zero-order valence-corrected chi connectivity index (χ0v) is 13.2. The lowest BCUT2D eigenvalue weighted by molar-refractivity contribution is -0.122. The molecule has 0 aromatic carbocycles. The Labute approximate surface area is 133 Å². The number of nitrogens with one attached hydrogen (secondary N) is 1. The Kier molecular flexibility index (Phi) is 4.62. The Morgan fingerprint density at radius 3 is 3.23 bits per heavy atom. The average molecular weight is 318 g/mol. The average Bonchev–Trinajstić information content (AvgIpc) is 3.24. The van der Waals surface area contributed by atoms with Gasteiger partial charge in [-0.25, -0.2) is 4.98 Å². The first-order valence-corrected chi connectivity index (χ1v) is 8.43. The molecule has 0 radical (unpaired) electrons. The van der Waals surface area contributed by atoms with Crippen LogP contribution in [0.5, 0.6) is 0 Å². The molecule has 3 heterocycles. The molecule has 1 atom stereocenters. The van der Waals surface area contributed by atoms with Crippen molar-refractivity contribution in [3.05, 3.63) is 36.5 Å². The summed E-state index contributed by atoms with van der Waals surface area (Å²) in [5, 5.41) is 3.79. The van der Waals surface area contributed by atoms with E-state index in [4.69, 9.17) is 4.42 Å². The molecule has 1 N–H and O–H groups in total. The van der Waals surface area contributed by atoms with Crippen molar-refractivity contribution in [3.63, 3.8) is 0 Å². The molecule has 1 saturated heterocycles. The van der Waals surface area contributed by atoms with Gasteiger partial charge < -0.3 is 14.6 Å². The van der Waals surface area contributed by atoms with Crippen LogP contribution in [0.15, 0.2) is 40.2 Å². The van der Waals surface area contributed by atoms with Crippen molar-refractivity contribution in [1.29, 1.82) is 0 Å². The molecule has 7 heteroatoms. The molecule has 2 aromatic heterocycles. The monoisotopic (exact) mass is 318 g/mol.